The van der Waals surface area contributed by atoms with Crippen molar-refractivity contribution in [2.75, 3.05) is 26.2 Å². The first-order chi connectivity index (χ1) is 11.6. The summed E-state index contributed by atoms with van der Waals surface area (Å²) in [6, 6.07) is 2.42. The second-order valence-electron chi connectivity index (χ2n) is 7.84. The lowest BCUT2D eigenvalue weighted by Gasteiger charge is -2.54. The zero-order valence-electron chi connectivity index (χ0n) is 14.5. The summed E-state index contributed by atoms with van der Waals surface area (Å²) in [6.07, 6.45) is 2.52. The van der Waals surface area contributed by atoms with Gasteiger partial charge in [0.2, 0.25) is 0 Å². The van der Waals surface area contributed by atoms with Crippen LogP contribution in [-0.2, 0) is 17.7 Å². The predicted octanol–water partition coefficient (Wildman–Crippen LogP) is 2.22. The van der Waals surface area contributed by atoms with Crippen molar-refractivity contribution in [3.63, 3.8) is 0 Å². The molecule has 4 rings (SSSR count). The van der Waals surface area contributed by atoms with Gasteiger partial charge in [-0.2, -0.15) is 0 Å². The highest BCUT2D eigenvalue weighted by atomic mass is 32.1. The lowest BCUT2D eigenvalue weighted by molar-refractivity contribution is -0.108. The van der Waals surface area contributed by atoms with Gasteiger partial charge in [-0.3, -0.25) is 4.90 Å². The number of thiophene rings is 1. The Hall–Kier alpha value is -1.11. The minimum atomic E-state index is -0.0355. The normalized spacial score (nSPS) is 31.0. The fourth-order valence-electron chi connectivity index (χ4n) is 4.63. The minimum absolute atomic E-state index is 0.0355. The number of urea groups is 1. The molecular weight excluding hydrogens is 322 g/mol. The Morgan fingerprint density at radius 3 is 3.25 bits per heavy atom. The molecule has 2 amide bonds. The van der Waals surface area contributed by atoms with Crippen molar-refractivity contribution in [1.82, 2.24) is 15.5 Å². The average Bonchev–Trinajstić information content (AvgIpc) is 3.20. The quantitative estimate of drug-likeness (QED) is 0.876. The van der Waals surface area contributed by atoms with Crippen molar-refractivity contribution in [2.24, 2.45) is 11.3 Å². The van der Waals surface area contributed by atoms with E-state index in [9.17, 15) is 4.79 Å². The lowest BCUT2D eigenvalue weighted by Crippen LogP contribution is -2.67. The number of hydrogen-bond acceptors (Lipinski definition) is 4. The van der Waals surface area contributed by atoms with Gasteiger partial charge in [-0.05, 0) is 29.9 Å². The smallest absolute Gasteiger partial charge is 0.315 e. The molecule has 6 heteroatoms. The average molecular weight is 350 g/mol. The number of nitrogens with one attached hydrogen (secondary N) is 2. The van der Waals surface area contributed by atoms with E-state index in [0.717, 1.165) is 39.1 Å². The Kier molecular flexibility index (Phi) is 4.31. The zero-order chi connectivity index (χ0) is 16.7. The van der Waals surface area contributed by atoms with Crippen LogP contribution >= 0.6 is 11.3 Å². The van der Waals surface area contributed by atoms with Crippen molar-refractivity contribution in [3.8, 4) is 0 Å². The van der Waals surface area contributed by atoms with Crippen LogP contribution in [0.25, 0.3) is 0 Å². The molecule has 0 bridgehead atoms. The van der Waals surface area contributed by atoms with E-state index in [1.807, 2.05) is 11.3 Å². The molecule has 2 aliphatic heterocycles. The van der Waals surface area contributed by atoms with Crippen molar-refractivity contribution in [3.05, 3.63) is 21.9 Å². The molecule has 132 valence electrons. The highest BCUT2D eigenvalue weighted by Gasteiger charge is 2.59. The molecule has 2 fully saturated rings. The van der Waals surface area contributed by atoms with Crippen LogP contribution < -0.4 is 10.6 Å². The first-order valence-corrected chi connectivity index (χ1v) is 9.87. The Labute approximate surface area is 147 Å². The summed E-state index contributed by atoms with van der Waals surface area (Å²) < 4.78 is 5.78. The maximum Gasteiger partial charge on any atom is 0.315 e. The van der Waals surface area contributed by atoms with E-state index in [1.54, 1.807) is 0 Å². The molecule has 3 heterocycles. The second kappa shape index (κ2) is 6.32. The SMILES string of the molecule is CC1(C)[C@H](NC(=O)NCCN2CCc3sccc3C2)[C@H]2CCO[C@@H]21. The van der Waals surface area contributed by atoms with Gasteiger partial charge in [0.15, 0.2) is 0 Å². The molecule has 0 aromatic carbocycles. The molecule has 24 heavy (non-hydrogen) atoms. The molecule has 1 aliphatic carbocycles. The molecule has 2 N–H and O–H groups in total. The van der Waals surface area contributed by atoms with Crippen LogP contribution in [0.1, 0.15) is 30.7 Å². The van der Waals surface area contributed by atoms with Crippen LogP contribution in [-0.4, -0.2) is 49.3 Å². The van der Waals surface area contributed by atoms with E-state index in [-0.39, 0.29) is 17.5 Å². The Morgan fingerprint density at radius 2 is 2.38 bits per heavy atom. The number of rotatable bonds is 4. The third-order valence-corrected chi connectivity index (χ3v) is 7.01. The summed E-state index contributed by atoms with van der Waals surface area (Å²) in [5.41, 5.74) is 1.50. The van der Waals surface area contributed by atoms with Gasteiger partial charge in [0.1, 0.15) is 0 Å². The van der Waals surface area contributed by atoms with Gasteiger partial charge in [-0.15, -0.1) is 11.3 Å². The van der Waals surface area contributed by atoms with Crippen LogP contribution in [0.2, 0.25) is 0 Å². The van der Waals surface area contributed by atoms with Gasteiger partial charge < -0.3 is 15.4 Å². The molecule has 1 saturated heterocycles. The number of amides is 2. The topological polar surface area (TPSA) is 53.6 Å². The molecule has 3 aliphatic rings. The third kappa shape index (κ3) is 2.85. The van der Waals surface area contributed by atoms with Gasteiger partial charge in [0, 0.05) is 55.0 Å². The molecule has 5 nitrogen and oxygen atoms in total. The molecule has 0 spiro atoms. The standard InChI is InChI=1S/C18H27N3O2S/c1-18(2)15(13-4-9-23-16(13)18)20-17(22)19-6-8-21-7-3-14-12(11-21)5-10-24-14/h5,10,13,15-16H,3-4,6-9,11H2,1-2H3,(H2,19,20,22)/t13-,15-,16+/m1/s1. The number of ether oxygens (including phenoxy) is 1. The van der Waals surface area contributed by atoms with Crippen molar-refractivity contribution >= 4 is 17.4 Å². The summed E-state index contributed by atoms with van der Waals surface area (Å²) in [5, 5.41) is 8.40. The number of carbonyl (C=O) groups excluding carboxylic acids is 1. The summed E-state index contributed by atoms with van der Waals surface area (Å²) in [5.74, 6) is 0.491. The fraction of sp³-hybridized carbons (Fsp3) is 0.722. The number of hydrogen-bond donors (Lipinski definition) is 2. The van der Waals surface area contributed by atoms with Crippen LogP contribution in [0.4, 0.5) is 4.79 Å². The van der Waals surface area contributed by atoms with Crippen molar-refractivity contribution < 1.29 is 9.53 Å². The third-order valence-electron chi connectivity index (χ3n) is 5.99. The minimum Gasteiger partial charge on any atom is -0.377 e. The summed E-state index contributed by atoms with van der Waals surface area (Å²) >= 11 is 1.86. The largest absolute Gasteiger partial charge is 0.377 e. The first kappa shape index (κ1) is 16.4. The Bertz CT molecular complexity index is 615. The fourth-order valence-corrected chi connectivity index (χ4v) is 5.52. The van der Waals surface area contributed by atoms with Gasteiger partial charge in [-0.1, -0.05) is 13.8 Å². The van der Waals surface area contributed by atoms with E-state index < -0.39 is 0 Å². The van der Waals surface area contributed by atoms with Gasteiger partial charge in [0.05, 0.1) is 6.10 Å². The summed E-state index contributed by atoms with van der Waals surface area (Å²) in [4.78, 5) is 16.2. The van der Waals surface area contributed by atoms with Gasteiger partial charge >= 0.3 is 6.03 Å². The van der Waals surface area contributed by atoms with E-state index in [4.69, 9.17) is 4.74 Å². The lowest BCUT2D eigenvalue weighted by atomic mass is 9.57. The first-order valence-electron chi connectivity index (χ1n) is 8.99. The number of nitrogens with zero attached hydrogens (tertiary/aromatic N) is 1. The van der Waals surface area contributed by atoms with Gasteiger partial charge in [0.25, 0.3) is 0 Å². The van der Waals surface area contributed by atoms with E-state index in [1.165, 1.54) is 10.4 Å². The van der Waals surface area contributed by atoms with E-state index in [0.29, 0.717) is 18.6 Å². The predicted molar refractivity (Wildman–Crippen MR) is 95.3 cm³/mol. The molecule has 1 aromatic heterocycles. The van der Waals surface area contributed by atoms with Gasteiger partial charge in [-0.25, -0.2) is 4.79 Å². The van der Waals surface area contributed by atoms with Crippen LogP contribution in [0, 0.1) is 11.3 Å². The Balaban J connectivity index is 1.21. The van der Waals surface area contributed by atoms with E-state index in [2.05, 4.69) is 40.8 Å². The van der Waals surface area contributed by atoms with Crippen molar-refractivity contribution in [2.45, 2.75) is 45.4 Å². The van der Waals surface area contributed by atoms with Crippen LogP contribution in [0.15, 0.2) is 11.4 Å². The molecule has 1 aromatic rings. The number of fused-ring (bicyclic) bond motifs is 2. The molecule has 0 radical (unpaired) electrons. The second-order valence-corrected chi connectivity index (χ2v) is 8.84. The maximum atomic E-state index is 12.2. The van der Waals surface area contributed by atoms with Crippen LogP contribution in [0.3, 0.4) is 0 Å². The Morgan fingerprint density at radius 1 is 1.50 bits per heavy atom. The summed E-state index contributed by atoms with van der Waals surface area (Å²) in [7, 11) is 0. The van der Waals surface area contributed by atoms with Crippen LogP contribution in [0.5, 0.6) is 0 Å². The zero-order valence-corrected chi connectivity index (χ0v) is 15.3. The molecule has 0 unspecified atom stereocenters. The maximum absolute atomic E-state index is 12.2. The molecule has 3 atom stereocenters. The molecule has 1 saturated carbocycles. The van der Waals surface area contributed by atoms with Crippen molar-refractivity contribution in [1.29, 1.82) is 0 Å². The molecular formula is C18H27N3O2S. The monoisotopic (exact) mass is 349 g/mol. The number of carbonyl (C=O) groups is 1. The highest BCUT2D eigenvalue weighted by molar-refractivity contribution is 7.10. The highest BCUT2D eigenvalue weighted by Crippen LogP contribution is 2.52. The van der Waals surface area contributed by atoms with E-state index >= 15 is 0 Å². The summed E-state index contributed by atoms with van der Waals surface area (Å²) in [6.45, 7) is 8.92.